The van der Waals surface area contributed by atoms with Crippen molar-refractivity contribution in [2.75, 3.05) is 19.8 Å². The van der Waals surface area contributed by atoms with Crippen LogP contribution in [0.3, 0.4) is 0 Å². The van der Waals surface area contributed by atoms with E-state index in [0.717, 1.165) is 25.9 Å². The van der Waals surface area contributed by atoms with Crippen LogP contribution in [0.2, 0.25) is 0 Å². The Bertz CT molecular complexity index is 343. The van der Waals surface area contributed by atoms with E-state index in [4.69, 9.17) is 5.73 Å². The zero-order valence-electron chi connectivity index (χ0n) is 8.91. The van der Waals surface area contributed by atoms with Gasteiger partial charge in [-0.25, -0.2) is 4.63 Å². The SMILES string of the molecule is NC(=NCN1CCC(O)CC1)c1cnon1. The number of aliphatic imine (C=N–C) groups is 1. The van der Waals surface area contributed by atoms with E-state index in [-0.39, 0.29) is 6.10 Å². The second-order valence-corrected chi connectivity index (χ2v) is 3.83. The fraction of sp³-hybridized carbons (Fsp3) is 0.667. The van der Waals surface area contributed by atoms with Crippen LogP contribution in [0.5, 0.6) is 0 Å². The van der Waals surface area contributed by atoms with Gasteiger partial charge in [0.2, 0.25) is 0 Å². The van der Waals surface area contributed by atoms with Crippen LogP contribution < -0.4 is 5.73 Å². The summed E-state index contributed by atoms with van der Waals surface area (Å²) in [5.74, 6) is 0.326. The monoisotopic (exact) mass is 225 g/mol. The number of aliphatic hydroxyl groups excluding tert-OH is 1. The van der Waals surface area contributed by atoms with E-state index in [1.807, 2.05) is 0 Å². The van der Waals surface area contributed by atoms with Crippen LogP contribution >= 0.6 is 0 Å². The quantitative estimate of drug-likeness (QED) is 0.515. The van der Waals surface area contributed by atoms with Gasteiger partial charge in [0.25, 0.3) is 0 Å². The first-order chi connectivity index (χ1) is 7.75. The molecule has 0 bridgehead atoms. The van der Waals surface area contributed by atoms with E-state index in [1.54, 1.807) is 0 Å². The van der Waals surface area contributed by atoms with Gasteiger partial charge >= 0.3 is 0 Å². The molecule has 7 nitrogen and oxygen atoms in total. The van der Waals surface area contributed by atoms with Crippen LogP contribution in [-0.4, -0.2) is 52.0 Å². The lowest BCUT2D eigenvalue weighted by Crippen LogP contribution is -2.36. The predicted octanol–water partition coefficient (Wildman–Crippen LogP) is -0.811. The highest BCUT2D eigenvalue weighted by molar-refractivity contribution is 5.95. The number of nitrogens with two attached hydrogens (primary N) is 1. The van der Waals surface area contributed by atoms with E-state index in [1.165, 1.54) is 6.20 Å². The first kappa shape index (κ1) is 11.0. The topological polar surface area (TPSA) is 101 Å². The van der Waals surface area contributed by atoms with E-state index >= 15 is 0 Å². The number of amidine groups is 1. The van der Waals surface area contributed by atoms with Gasteiger partial charge in [-0.3, -0.25) is 9.89 Å². The Hall–Kier alpha value is -1.47. The van der Waals surface area contributed by atoms with Crippen molar-refractivity contribution in [1.29, 1.82) is 0 Å². The fourth-order valence-corrected chi connectivity index (χ4v) is 1.60. The maximum atomic E-state index is 9.34. The lowest BCUT2D eigenvalue weighted by atomic mass is 10.1. The minimum absolute atomic E-state index is 0.169. The molecule has 0 radical (unpaired) electrons. The van der Waals surface area contributed by atoms with Gasteiger partial charge in [0.15, 0.2) is 11.5 Å². The first-order valence-corrected chi connectivity index (χ1v) is 5.24. The molecule has 1 aliphatic rings. The Morgan fingerprint density at radius 1 is 1.62 bits per heavy atom. The summed E-state index contributed by atoms with van der Waals surface area (Å²) >= 11 is 0. The summed E-state index contributed by atoms with van der Waals surface area (Å²) in [5, 5.41) is 16.4. The van der Waals surface area contributed by atoms with E-state index < -0.39 is 0 Å². The molecular weight excluding hydrogens is 210 g/mol. The number of piperidine rings is 1. The fourth-order valence-electron chi connectivity index (χ4n) is 1.60. The molecule has 2 rings (SSSR count). The number of aromatic nitrogens is 2. The molecule has 1 aliphatic heterocycles. The van der Waals surface area contributed by atoms with Crippen molar-refractivity contribution < 1.29 is 9.74 Å². The van der Waals surface area contributed by atoms with E-state index in [9.17, 15) is 5.11 Å². The second-order valence-electron chi connectivity index (χ2n) is 3.83. The van der Waals surface area contributed by atoms with Crippen LogP contribution in [0.15, 0.2) is 15.8 Å². The van der Waals surface area contributed by atoms with Crippen LogP contribution in [0.25, 0.3) is 0 Å². The lowest BCUT2D eigenvalue weighted by Gasteiger charge is -2.27. The number of likely N-dealkylation sites (tertiary alicyclic amines) is 1. The zero-order chi connectivity index (χ0) is 11.4. The molecule has 16 heavy (non-hydrogen) atoms. The van der Waals surface area contributed by atoms with Gasteiger partial charge < -0.3 is 10.8 Å². The van der Waals surface area contributed by atoms with Crippen molar-refractivity contribution in [3.05, 3.63) is 11.9 Å². The van der Waals surface area contributed by atoms with Gasteiger partial charge in [-0.1, -0.05) is 5.16 Å². The van der Waals surface area contributed by atoms with Crippen molar-refractivity contribution >= 4 is 5.84 Å². The smallest absolute Gasteiger partial charge is 0.169 e. The predicted molar refractivity (Wildman–Crippen MR) is 56.7 cm³/mol. The molecule has 0 atom stereocenters. The van der Waals surface area contributed by atoms with E-state index in [0.29, 0.717) is 18.2 Å². The number of nitrogens with zero attached hydrogens (tertiary/aromatic N) is 4. The third-order valence-electron chi connectivity index (χ3n) is 2.62. The number of rotatable bonds is 3. The standard InChI is InChI=1S/C9H15N5O2/c10-9(8-5-12-16-13-8)11-6-14-3-1-7(15)2-4-14/h5,7,15H,1-4,6H2,(H2,10,11). The molecule has 0 saturated carbocycles. The average molecular weight is 225 g/mol. The Labute approximate surface area is 92.9 Å². The minimum atomic E-state index is -0.169. The molecule has 0 amide bonds. The Morgan fingerprint density at radius 3 is 3.00 bits per heavy atom. The molecule has 7 heteroatoms. The van der Waals surface area contributed by atoms with Gasteiger partial charge in [-0.15, -0.1) is 0 Å². The van der Waals surface area contributed by atoms with Crippen LogP contribution in [0, 0.1) is 0 Å². The normalized spacial score (nSPS) is 20.2. The lowest BCUT2D eigenvalue weighted by molar-refractivity contribution is 0.0842. The highest BCUT2D eigenvalue weighted by atomic mass is 16.6. The Kier molecular flexibility index (Phi) is 3.47. The van der Waals surface area contributed by atoms with Crippen molar-refractivity contribution in [2.45, 2.75) is 18.9 Å². The largest absolute Gasteiger partial charge is 0.393 e. The molecule has 88 valence electrons. The summed E-state index contributed by atoms with van der Waals surface area (Å²) in [5.41, 5.74) is 6.15. The molecule has 1 saturated heterocycles. The second kappa shape index (κ2) is 5.04. The van der Waals surface area contributed by atoms with Crippen LogP contribution in [0.4, 0.5) is 0 Å². The van der Waals surface area contributed by atoms with Gasteiger partial charge in [-0.05, 0) is 18.0 Å². The van der Waals surface area contributed by atoms with Crippen LogP contribution in [-0.2, 0) is 0 Å². The van der Waals surface area contributed by atoms with Gasteiger partial charge in [-0.2, -0.15) is 0 Å². The maximum Gasteiger partial charge on any atom is 0.169 e. The molecule has 0 spiro atoms. The Morgan fingerprint density at radius 2 is 2.38 bits per heavy atom. The molecular formula is C9H15N5O2. The third-order valence-corrected chi connectivity index (χ3v) is 2.62. The van der Waals surface area contributed by atoms with E-state index in [2.05, 4.69) is 24.8 Å². The summed E-state index contributed by atoms with van der Waals surface area (Å²) in [6.45, 7) is 2.20. The number of aliphatic hydroxyl groups is 1. The summed E-state index contributed by atoms with van der Waals surface area (Å²) in [4.78, 5) is 6.32. The highest BCUT2D eigenvalue weighted by Gasteiger charge is 2.16. The van der Waals surface area contributed by atoms with Crippen LogP contribution in [0.1, 0.15) is 18.5 Å². The summed E-state index contributed by atoms with van der Waals surface area (Å²) < 4.78 is 4.43. The third kappa shape index (κ3) is 2.77. The molecule has 3 N–H and O–H groups in total. The van der Waals surface area contributed by atoms with Crippen molar-refractivity contribution in [3.8, 4) is 0 Å². The maximum absolute atomic E-state index is 9.34. The van der Waals surface area contributed by atoms with Crippen molar-refractivity contribution in [2.24, 2.45) is 10.7 Å². The minimum Gasteiger partial charge on any atom is -0.393 e. The zero-order valence-corrected chi connectivity index (χ0v) is 8.91. The molecule has 0 unspecified atom stereocenters. The summed E-state index contributed by atoms with van der Waals surface area (Å²) in [7, 11) is 0. The molecule has 2 heterocycles. The molecule has 1 fully saturated rings. The molecule has 0 aliphatic carbocycles. The molecule has 1 aromatic heterocycles. The number of hydrogen-bond donors (Lipinski definition) is 2. The van der Waals surface area contributed by atoms with Crippen molar-refractivity contribution in [1.82, 2.24) is 15.2 Å². The van der Waals surface area contributed by atoms with Gasteiger partial charge in [0.05, 0.1) is 12.8 Å². The Balaban J connectivity index is 1.84. The first-order valence-electron chi connectivity index (χ1n) is 5.24. The number of hydrogen-bond acceptors (Lipinski definition) is 6. The summed E-state index contributed by atoms with van der Waals surface area (Å²) in [6, 6.07) is 0. The van der Waals surface area contributed by atoms with Crippen molar-refractivity contribution in [3.63, 3.8) is 0 Å². The average Bonchev–Trinajstić information content (AvgIpc) is 2.81. The van der Waals surface area contributed by atoms with Gasteiger partial charge in [0, 0.05) is 13.1 Å². The summed E-state index contributed by atoms with van der Waals surface area (Å²) in [6.07, 6.45) is 2.85. The molecule has 1 aromatic rings. The van der Waals surface area contributed by atoms with Gasteiger partial charge in [0.1, 0.15) is 6.20 Å². The highest BCUT2D eigenvalue weighted by Crippen LogP contribution is 2.09. The molecule has 0 aromatic carbocycles.